The fraction of sp³-hybridized carbons (Fsp3) is 0.136. The van der Waals surface area contributed by atoms with Gasteiger partial charge in [-0.05, 0) is 54.1 Å². The van der Waals surface area contributed by atoms with E-state index in [-0.39, 0.29) is 16.2 Å². The van der Waals surface area contributed by atoms with Gasteiger partial charge in [-0.25, -0.2) is 26.4 Å². The first kappa shape index (κ1) is 24.9. The molecule has 0 saturated carbocycles. The fourth-order valence-corrected chi connectivity index (χ4v) is 4.84. The Morgan fingerprint density at radius 1 is 1.00 bits per heavy atom. The zero-order valence-electron chi connectivity index (χ0n) is 17.2. The Hall–Kier alpha value is -3.77. The van der Waals surface area contributed by atoms with Gasteiger partial charge < -0.3 is 15.2 Å². The lowest BCUT2D eigenvalue weighted by molar-refractivity contribution is -0.142. The number of halogens is 3. The number of carbonyl (C=O) groups is 2. The monoisotopic (exact) mass is 494 g/mol. The molecular formula is C22H17F3N2O6S. The zero-order chi connectivity index (χ0) is 24.9. The molecule has 8 nitrogen and oxygen atoms in total. The van der Waals surface area contributed by atoms with Crippen molar-refractivity contribution in [3.8, 4) is 0 Å². The average molecular weight is 494 g/mol. The molecule has 3 aromatic rings. The number of nitrogens with zero attached hydrogens (tertiary/aromatic N) is 1. The van der Waals surface area contributed by atoms with Crippen molar-refractivity contribution in [3.05, 3.63) is 95.1 Å². The van der Waals surface area contributed by atoms with Crippen LogP contribution in [-0.2, 0) is 19.4 Å². The van der Waals surface area contributed by atoms with E-state index in [0.717, 1.165) is 54.7 Å². The maximum atomic E-state index is 14.6. The highest BCUT2D eigenvalue weighted by molar-refractivity contribution is 7.91. The molecule has 2 N–H and O–H groups in total. The second-order valence-electron chi connectivity index (χ2n) is 6.91. The van der Waals surface area contributed by atoms with E-state index in [1.165, 1.54) is 6.07 Å². The molecule has 0 aliphatic rings. The minimum Gasteiger partial charge on any atom is -0.480 e. The number of pyridine rings is 1. The molecule has 1 aromatic heterocycles. The Kier molecular flexibility index (Phi) is 7.64. The lowest BCUT2D eigenvalue weighted by atomic mass is 10.0. The van der Waals surface area contributed by atoms with Crippen molar-refractivity contribution < 1.29 is 41.0 Å². The average Bonchev–Trinajstić information content (AvgIpc) is 2.79. The van der Waals surface area contributed by atoms with E-state index in [0.29, 0.717) is 0 Å². The van der Waals surface area contributed by atoms with Gasteiger partial charge in [-0.15, -0.1) is 0 Å². The van der Waals surface area contributed by atoms with E-state index in [1.54, 1.807) is 0 Å². The smallest absolute Gasteiger partial charge is 0.329 e. The third kappa shape index (κ3) is 5.77. The highest BCUT2D eigenvalue weighted by Gasteiger charge is 2.33. The molecular weight excluding hydrogens is 477 g/mol. The quantitative estimate of drug-likeness (QED) is 0.266. The van der Waals surface area contributed by atoms with Gasteiger partial charge in [0.25, 0.3) is 5.91 Å². The van der Waals surface area contributed by atoms with Gasteiger partial charge in [-0.3, -0.25) is 9.78 Å². The topological polar surface area (TPSA) is 123 Å². The minimum atomic E-state index is -4.41. The highest BCUT2D eigenvalue weighted by Crippen LogP contribution is 2.36. The molecule has 12 heteroatoms. The Labute approximate surface area is 191 Å². The van der Waals surface area contributed by atoms with Crippen molar-refractivity contribution in [3.63, 3.8) is 0 Å². The minimum absolute atomic E-state index is 0.0764. The summed E-state index contributed by atoms with van der Waals surface area (Å²) in [6, 6.07) is 8.56. The fourth-order valence-electron chi connectivity index (χ4n) is 3.04. The van der Waals surface area contributed by atoms with Crippen LogP contribution in [0.5, 0.6) is 0 Å². The molecule has 1 amide bonds. The van der Waals surface area contributed by atoms with Crippen LogP contribution in [0.4, 0.5) is 13.2 Å². The maximum absolute atomic E-state index is 14.6. The summed E-state index contributed by atoms with van der Waals surface area (Å²) >= 11 is 0. The van der Waals surface area contributed by atoms with Gasteiger partial charge in [0.2, 0.25) is 0 Å². The summed E-state index contributed by atoms with van der Waals surface area (Å²) in [6.07, 6.45) is 1.02. The van der Waals surface area contributed by atoms with Gasteiger partial charge in [-0.2, -0.15) is 0 Å². The molecule has 1 atom stereocenters. The van der Waals surface area contributed by atoms with Gasteiger partial charge >= 0.3 is 5.97 Å². The van der Waals surface area contributed by atoms with Gasteiger partial charge in [-0.1, -0.05) is 6.07 Å². The summed E-state index contributed by atoms with van der Waals surface area (Å²) in [6.45, 7) is -1.04. The Bertz CT molecular complexity index is 1300. The van der Waals surface area contributed by atoms with Gasteiger partial charge in [0.05, 0.1) is 4.90 Å². The number of benzene rings is 2. The number of sulfone groups is 1. The number of rotatable bonds is 9. The standard InChI is InChI=1S/C22H17F3N2O6S/c23-14-2-5-16(6-3-14)34(31,32)21(17-9-15(24)4-7-18(17)25)13-1-8-19(26-10-13)22(30)27-12-33-11-20(28)29/h1-10,21H,11-12H2,(H,27,30)(H,28,29). The Morgan fingerprint density at radius 3 is 2.29 bits per heavy atom. The van der Waals surface area contributed by atoms with E-state index in [2.05, 4.69) is 10.3 Å². The van der Waals surface area contributed by atoms with Crippen molar-refractivity contribution in [2.75, 3.05) is 13.3 Å². The van der Waals surface area contributed by atoms with E-state index < -0.39 is 63.3 Å². The molecule has 1 heterocycles. The summed E-state index contributed by atoms with van der Waals surface area (Å²) in [5, 5.41) is 9.01. The molecule has 0 aliphatic carbocycles. The van der Waals surface area contributed by atoms with E-state index >= 15 is 0 Å². The molecule has 34 heavy (non-hydrogen) atoms. The van der Waals surface area contributed by atoms with Gasteiger partial charge in [0.15, 0.2) is 9.84 Å². The highest BCUT2D eigenvalue weighted by atomic mass is 32.2. The van der Waals surface area contributed by atoms with Crippen LogP contribution < -0.4 is 5.32 Å². The lowest BCUT2D eigenvalue weighted by Gasteiger charge is -2.19. The molecule has 0 bridgehead atoms. The molecule has 3 rings (SSSR count). The number of hydrogen-bond donors (Lipinski definition) is 2. The largest absolute Gasteiger partial charge is 0.480 e. The van der Waals surface area contributed by atoms with Crippen LogP contribution in [0.1, 0.15) is 26.9 Å². The van der Waals surface area contributed by atoms with Crippen molar-refractivity contribution in [2.24, 2.45) is 0 Å². The summed E-state index contributed by atoms with van der Waals surface area (Å²) < 4.78 is 73.3. The zero-order valence-corrected chi connectivity index (χ0v) is 18.1. The van der Waals surface area contributed by atoms with Crippen molar-refractivity contribution >= 4 is 21.7 Å². The van der Waals surface area contributed by atoms with E-state index in [9.17, 15) is 31.2 Å². The molecule has 2 aromatic carbocycles. The van der Waals surface area contributed by atoms with Crippen LogP contribution in [0, 0.1) is 17.5 Å². The van der Waals surface area contributed by atoms with Crippen LogP contribution in [-0.4, -0.2) is 43.7 Å². The maximum Gasteiger partial charge on any atom is 0.329 e. The number of carboxylic acids is 1. The van der Waals surface area contributed by atoms with Crippen molar-refractivity contribution in [2.45, 2.75) is 10.1 Å². The Balaban J connectivity index is 1.97. The van der Waals surface area contributed by atoms with Crippen LogP contribution in [0.2, 0.25) is 0 Å². The number of ether oxygens (including phenoxy) is 1. The summed E-state index contributed by atoms with van der Waals surface area (Å²) in [4.78, 5) is 26.1. The third-order valence-electron chi connectivity index (χ3n) is 4.58. The third-order valence-corrected chi connectivity index (χ3v) is 6.65. The van der Waals surface area contributed by atoms with Gasteiger partial charge in [0.1, 0.15) is 41.7 Å². The SMILES string of the molecule is O=C(O)COCNC(=O)c1ccc(C(c2cc(F)ccc2F)S(=O)(=O)c2ccc(F)cc2)cn1. The molecule has 1 unspecified atom stereocenters. The van der Waals surface area contributed by atoms with E-state index in [4.69, 9.17) is 9.84 Å². The summed E-state index contributed by atoms with van der Waals surface area (Å²) in [5.41, 5.74) is -0.738. The van der Waals surface area contributed by atoms with Crippen LogP contribution >= 0.6 is 0 Å². The molecule has 0 radical (unpaired) electrons. The van der Waals surface area contributed by atoms with Gasteiger partial charge in [0, 0.05) is 11.8 Å². The molecule has 0 spiro atoms. The number of carbonyl (C=O) groups excluding carboxylic acids is 1. The first-order valence-corrected chi connectivity index (χ1v) is 11.1. The second kappa shape index (κ2) is 10.4. The number of aromatic nitrogens is 1. The van der Waals surface area contributed by atoms with Crippen molar-refractivity contribution in [1.82, 2.24) is 10.3 Å². The summed E-state index contributed by atoms with van der Waals surface area (Å²) in [7, 11) is -4.41. The van der Waals surface area contributed by atoms with E-state index in [1.807, 2.05) is 0 Å². The number of nitrogens with one attached hydrogen (secondary N) is 1. The predicted molar refractivity (Wildman–Crippen MR) is 112 cm³/mol. The Morgan fingerprint density at radius 2 is 1.68 bits per heavy atom. The molecule has 178 valence electrons. The molecule has 0 saturated heterocycles. The van der Waals surface area contributed by atoms with Crippen LogP contribution in [0.3, 0.4) is 0 Å². The van der Waals surface area contributed by atoms with Crippen molar-refractivity contribution in [1.29, 1.82) is 0 Å². The first-order chi connectivity index (χ1) is 16.1. The second-order valence-corrected chi connectivity index (χ2v) is 8.95. The van der Waals surface area contributed by atoms with Crippen LogP contribution in [0.25, 0.3) is 0 Å². The number of carboxylic acid groups (broad SMARTS) is 1. The number of hydrogen-bond acceptors (Lipinski definition) is 6. The first-order valence-electron chi connectivity index (χ1n) is 9.57. The summed E-state index contributed by atoms with van der Waals surface area (Å²) in [5.74, 6) is -4.52. The molecule has 0 aliphatic heterocycles. The normalized spacial score (nSPS) is 12.2. The number of amides is 1. The van der Waals surface area contributed by atoms with Crippen LogP contribution in [0.15, 0.2) is 65.7 Å². The predicted octanol–water partition coefficient (Wildman–Crippen LogP) is 2.85. The molecule has 0 fully saturated rings. The number of aliphatic carboxylic acids is 1. The lowest BCUT2D eigenvalue weighted by Crippen LogP contribution is -2.28.